The predicted octanol–water partition coefficient (Wildman–Crippen LogP) is 4.38. The Bertz CT molecular complexity index is 1060. The maximum atomic E-state index is 13.2. The molecule has 6 nitrogen and oxygen atoms in total. The number of fused-ring (bicyclic) bond motifs is 1. The molecule has 0 spiro atoms. The van der Waals surface area contributed by atoms with Crippen LogP contribution >= 0.6 is 0 Å². The number of nitrogens with zero attached hydrogens (tertiary/aromatic N) is 1. The Morgan fingerprint density at radius 2 is 1.84 bits per heavy atom. The van der Waals surface area contributed by atoms with Gasteiger partial charge in [-0.2, -0.15) is 13.2 Å². The van der Waals surface area contributed by atoms with Crippen molar-refractivity contribution in [2.75, 3.05) is 22.1 Å². The first-order valence-corrected chi connectivity index (χ1v) is 9.48. The van der Waals surface area contributed by atoms with Crippen LogP contribution in [0.4, 0.5) is 30.2 Å². The van der Waals surface area contributed by atoms with Crippen LogP contribution in [-0.2, 0) is 22.2 Å². The Labute approximate surface area is 176 Å². The first kappa shape index (κ1) is 22.1. The Morgan fingerprint density at radius 1 is 1.10 bits per heavy atom. The number of nitrogens with one attached hydrogen (secondary N) is 2. The molecule has 2 aromatic rings. The second kappa shape index (κ2) is 8.63. The molecule has 0 aromatic heterocycles. The summed E-state index contributed by atoms with van der Waals surface area (Å²) in [5, 5.41) is 4.89. The molecule has 0 fully saturated rings. The van der Waals surface area contributed by atoms with Crippen LogP contribution in [0.1, 0.15) is 34.8 Å². The summed E-state index contributed by atoms with van der Waals surface area (Å²) in [6, 6.07) is 7.53. The number of hydrogen-bond donors (Lipinski definition) is 2. The molecule has 0 radical (unpaired) electrons. The molecule has 0 unspecified atom stereocenters. The number of alkyl halides is 3. The lowest BCUT2D eigenvalue weighted by Crippen LogP contribution is -2.35. The second-order valence-corrected chi connectivity index (χ2v) is 6.99. The van der Waals surface area contributed by atoms with E-state index in [-0.39, 0.29) is 22.8 Å². The van der Waals surface area contributed by atoms with Crippen molar-refractivity contribution in [3.05, 3.63) is 65.7 Å². The molecule has 162 valence electrons. The fraction of sp³-hybridized carbons (Fsp3) is 0.227. The largest absolute Gasteiger partial charge is 0.416 e. The Balaban J connectivity index is 1.99. The zero-order valence-electron chi connectivity index (χ0n) is 16.7. The normalized spacial score (nSPS) is 13.2. The summed E-state index contributed by atoms with van der Waals surface area (Å²) >= 11 is 0. The highest BCUT2D eigenvalue weighted by Crippen LogP contribution is 2.35. The third kappa shape index (κ3) is 4.76. The van der Waals surface area contributed by atoms with Crippen molar-refractivity contribution in [3.8, 4) is 0 Å². The highest BCUT2D eigenvalue weighted by molar-refractivity contribution is 6.10. The third-order valence-corrected chi connectivity index (χ3v) is 4.84. The number of amides is 3. The van der Waals surface area contributed by atoms with Gasteiger partial charge in [-0.15, -0.1) is 0 Å². The van der Waals surface area contributed by atoms with Crippen molar-refractivity contribution in [3.63, 3.8) is 0 Å². The number of carbonyl (C=O) groups is 3. The summed E-state index contributed by atoms with van der Waals surface area (Å²) in [4.78, 5) is 38.1. The average Bonchev–Trinajstić information content (AvgIpc) is 2.72. The highest BCUT2D eigenvalue weighted by atomic mass is 19.4. The minimum Gasteiger partial charge on any atom is -0.325 e. The van der Waals surface area contributed by atoms with Gasteiger partial charge in [0.1, 0.15) is 0 Å². The molecular formula is C22H20F3N3O3. The van der Waals surface area contributed by atoms with Gasteiger partial charge in [0.05, 0.1) is 16.9 Å². The summed E-state index contributed by atoms with van der Waals surface area (Å²) in [5.74, 6) is -1.44. The van der Waals surface area contributed by atoms with Crippen LogP contribution in [0.2, 0.25) is 0 Å². The van der Waals surface area contributed by atoms with Gasteiger partial charge in [0.15, 0.2) is 0 Å². The summed E-state index contributed by atoms with van der Waals surface area (Å²) in [5.41, 5.74) is 0.328. The lowest BCUT2D eigenvalue weighted by atomic mass is 9.95. The fourth-order valence-corrected chi connectivity index (χ4v) is 3.49. The Hall–Kier alpha value is -3.62. The first-order valence-electron chi connectivity index (χ1n) is 9.48. The van der Waals surface area contributed by atoms with Gasteiger partial charge in [-0.25, -0.2) is 0 Å². The van der Waals surface area contributed by atoms with Crippen molar-refractivity contribution in [2.45, 2.75) is 25.9 Å². The minimum absolute atomic E-state index is 0.0436. The van der Waals surface area contributed by atoms with Gasteiger partial charge < -0.3 is 15.5 Å². The first-order chi connectivity index (χ1) is 14.6. The predicted molar refractivity (Wildman–Crippen MR) is 111 cm³/mol. The van der Waals surface area contributed by atoms with Crippen molar-refractivity contribution < 1.29 is 27.6 Å². The SMILES string of the molecule is C=CC(=O)N1CCCc2c(C(=O)Nc3cc(C(F)(F)F)ccc3NC(C)=O)cccc21. The summed E-state index contributed by atoms with van der Waals surface area (Å²) in [6.07, 6.45) is -2.28. The molecule has 3 rings (SSSR count). The quantitative estimate of drug-likeness (QED) is 0.706. The molecule has 2 N–H and O–H groups in total. The van der Waals surface area contributed by atoms with Gasteiger partial charge in [-0.3, -0.25) is 14.4 Å². The van der Waals surface area contributed by atoms with E-state index in [0.717, 1.165) is 18.2 Å². The van der Waals surface area contributed by atoms with Crippen LogP contribution in [0, 0.1) is 0 Å². The number of halogens is 3. The lowest BCUT2D eigenvalue weighted by Gasteiger charge is -2.30. The molecule has 9 heteroatoms. The maximum Gasteiger partial charge on any atom is 0.416 e. The topological polar surface area (TPSA) is 78.5 Å². The molecule has 0 saturated carbocycles. The van der Waals surface area contributed by atoms with Crippen molar-refractivity contribution in [1.29, 1.82) is 0 Å². The summed E-state index contributed by atoms with van der Waals surface area (Å²) in [7, 11) is 0. The second-order valence-electron chi connectivity index (χ2n) is 6.99. The average molecular weight is 431 g/mol. The van der Waals surface area contributed by atoms with E-state index in [1.54, 1.807) is 18.2 Å². The molecule has 0 bridgehead atoms. The van der Waals surface area contributed by atoms with Gasteiger partial charge in [0.25, 0.3) is 5.91 Å². The van der Waals surface area contributed by atoms with Crippen LogP contribution < -0.4 is 15.5 Å². The van der Waals surface area contributed by atoms with Crippen LogP contribution in [-0.4, -0.2) is 24.3 Å². The molecular weight excluding hydrogens is 411 g/mol. The van der Waals surface area contributed by atoms with Gasteiger partial charge in [0.2, 0.25) is 11.8 Å². The monoisotopic (exact) mass is 431 g/mol. The van der Waals surface area contributed by atoms with E-state index in [4.69, 9.17) is 0 Å². The van der Waals surface area contributed by atoms with Gasteiger partial charge in [-0.1, -0.05) is 12.6 Å². The smallest absolute Gasteiger partial charge is 0.325 e. The molecule has 0 atom stereocenters. The van der Waals surface area contributed by atoms with E-state index in [2.05, 4.69) is 17.2 Å². The zero-order valence-corrected chi connectivity index (χ0v) is 16.7. The van der Waals surface area contributed by atoms with E-state index < -0.39 is 23.6 Å². The Kier molecular flexibility index (Phi) is 6.14. The number of hydrogen-bond acceptors (Lipinski definition) is 3. The zero-order chi connectivity index (χ0) is 22.8. The number of benzene rings is 2. The van der Waals surface area contributed by atoms with Crippen LogP contribution in [0.25, 0.3) is 0 Å². The van der Waals surface area contributed by atoms with Gasteiger partial charge in [0, 0.05) is 24.7 Å². The van der Waals surface area contributed by atoms with E-state index in [1.165, 1.54) is 17.9 Å². The van der Waals surface area contributed by atoms with E-state index >= 15 is 0 Å². The molecule has 0 saturated heterocycles. The number of rotatable bonds is 4. The summed E-state index contributed by atoms with van der Waals surface area (Å²) in [6.45, 7) is 5.17. The molecule has 1 heterocycles. The van der Waals surface area contributed by atoms with Crippen molar-refractivity contribution in [2.24, 2.45) is 0 Å². The molecule has 3 amide bonds. The maximum absolute atomic E-state index is 13.2. The van der Waals surface area contributed by atoms with E-state index in [1.807, 2.05) is 0 Å². The lowest BCUT2D eigenvalue weighted by molar-refractivity contribution is -0.137. The minimum atomic E-state index is -4.62. The number of anilines is 3. The fourth-order valence-electron chi connectivity index (χ4n) is 3.49. The van der Waals surface area contributed by atoms with Crippen LogP contribution in [0.3, 0.4) is 0 Å². The number of carbonyl (C=O) groups excluding carboxylic acids is 3. The molecule has 31 heavy (non-hydrogen) atoms. The Morgan fingerprint density at radius 3 is 2.48 bits per heavy atom. The van der Waals surface area contributed by atoms with Crippen molar-refractivity contribution in [1.82, 2.24) is 0 Å². The molecule has 2 aromatic carbocycles. The van der Waals surface area contributed by atoms with Crippen molar-refractivity contribution >= 4 is 34.8 Å². The van der Waals surface area contributed by atoms with Crippen LogP contribution in [0.5, 0.6) is 0 Å². The standard InChI is InChI=1S/C22H20F3N3O3/c1-3-20(30)28-11-5-7-15-16(6-4-8-19(15)28)21(31)27-18-12-14(22(23,24)25)9-10-17(18)26-13(2)29/h3-4,6,8-10,12H,1,5,7,11H2,2H3,(H,26,29)(H,27,31). The van der Waals surface area contributed by atoms with E-state index in [0.29, 0.717) is 30.6 Å². The van der Waals surface area contributed by atoms with Gasteiger partial charge in [-0.05, 0) is 54.8 Å². The molecule has 0 aliphatic carbocycles. The highest BCUT2D eigenvalue weighted by Gasteiger charge is 2.32. The summed E-state index contributed by atoms with van der Waals surface area (Å²) < 4.78 is 39.5. The van der Waals surface area contributed by atoms with E-state index in [9.17, 15) is 27.6 Å². The molecule has 1 aliphatic heterocycles. The van der Waals surface area contributed by atoms with Crippen LogP contribution in [0.15, 0.2) is 49.1 Å². The van der Waals surface area contributed by atoms with Gasteiger partial charge >= 0.3 is 6.18 Å². The third-order valence-electron chi connectivity index (χ3n) is 4.84. The molecule has 1 aliphatic rings.